The zero-order valence-electron chi connectivity index (χ0n) is 9.70. The molecular weight excluding hydrogens is 190 g/mol. The number of imidazole rings is 1. The van der Waals surface area contributed by atoms with Gasteiger partial charge in [0.25, 0.3) is 0 Å². The third-order valence-electron chi connectivity index (χ3n) is 2.20. The fraction of sp³-hybridized carbons (Fsp3) is 0.727. The zero-order valence-corrected chi connectivity index (χ0v) is 9.70. The van der Waals surface area contributed by atoms with Crippen LogP contribution in [0.15, 0.2) is 12.4 Å². The maximum atomic E-state index is 5.25. The van der Waals surface area contributed by atoms with Crippen molar-refractivity contribution in [2.24, 2.45) is 0 Å². The molecule has 0 amide bonds. The summed E-state index contributed by atoms with van der Waals surface area (Å²) in [5.41, 5.74) is 0. The van der Waals surface area contributed by atoms with Crippen LogP contribution in [-0.4, -0.2) is 29.3 Å². The van der Waals surface area contributed by atoms with Gasteiger partial charge in [-0.05, 0) is 13.3 Å². The molecule has 1 heterocycles. The van der Waals surface area contributed by atoms with Crippen molar-refractivity contribution in [2.75, 3.05) is 25.1 Å². The van der Waals surface area contributed by atoms with Gasteiger partial charge in [-0.1, -0.05) is 13.3 Å². The summed E-state index contributed by atoms with van der Waals surface area (Å²) in [4.78, 5) is 4.26. The second-order valence-corrected chi connectivity index (χ2v) is 3.42. The van der Waals surface area contributed by atoms with Crippen molar-refractivity contribution in [3.63, 3.8) is 0 Å². The van der Waals surface area contributed by atoms with Crippen LogP contribution in [-0.2, 0) is 11.3 Å². The molecule has 4 nitrogen and oxygen atoms in total. The minimum atomic E-state index is 0.733. The summed E-state index contributed by atoms with van der Waals surface area (Å²) >= 11 is 0. The van der Waals surface area contributed by atoms with Gasteiger partial charge in [-0.25, -0.2) is 4.98 Å². The lowest BCUT2D eigenvalue weighted by Crippen LogP contribution is -2.13. The van der Waals surface area contributed by atoms with Crippen LogP contribution in [0.3, 0.4) is 0 Å². The first-order valence-electron chi connectivity index (χ1n) is 5.71. The van der Waals surface area contributed by atoms with E-state index in [2.05, 4.69) is 21.8 Å². The highest BCUT2D eigenvalue weighted by Crippen LogP contribution is 2.05. The summed E-state index contributed by atoms with van der Waals surface area (Å²) in [7, 11) is 0. The Balaban J connectivity index is 2.29. The molecule has 1 rings (SSSR count). The van der Waals surface area contributed by atoms with Crippen LogP contribution in [0.1, 0.15) is 26.7 Å². The number of rotatable bonds is 8. The van der Waals surface area contributed by atoms with E-state index in [1.54, 1.807) is 0 Å². The summed E-state index contributed by atoms with van der Waals surface area (Å²) < 4.78 is 7.40. The minimum Gasteiger partial charge on any atom is -0.380 e. The molecule has 0 aliphatic carbocycles. The molecular formula is C11H21N3O. The molecule has 1 aromatic rings. The number of unbranched alkanes of at least 4 members (excludes halogenated alkanes) is 1. The lowest BCUT2D eigenvalue weighted by atomic mass is 10.3. The van der Waals surface area contributed by atoms with Gasteiger partial charge in [-0.15, -0.1) is 0 Å². The molecule has 0 aromatic carbocycles. The summed E-state index contributed by atoms with van der Waals surface area (Å²) in [5.74, 6) is 0.947. The van der Waals surface area contributed by atoms with Gasteiger partial charge in [0.15, 0.2) is 0 Å². The molecule has 0 spiro atoms. The summed E-state index contributed by atoms with van der Waals surface area (Å²) in [6, 6.07) is 0. The lowest BCUT2D eigenvalue weighted by Gasteiger charge is -2.08. The molecule has 1 aromatic heterocycles. The van der Waals surface area contributed by atoms with E-state index in [4.69, 9.17) is 4.74 Å². The standard InChI is InChI=1S/C11H21N3O/c1-3-5-8-14-9-6-12-11(14)13-7-10-15-4-2/h6,9H,3-5,7-8,10H2,1-2H3,(H,12,13). The van der Waals surface area contributed by atoms with Crippen LogP contribution in [0.25, 0.3) is 0 Å². The number of ether oxygens (including phenoxy) is 1. The molecule has 0 radical (unpaired) electrons. The van der Waals surface area contributed by atoms with Crippen molar-refractivity contribution in [2.45, 2.75) is 33.2 Å². The maximum absolute atomic E-state index is 5.25. The van der Waals surface area contributed by atoms with Crippen molar-refractivity contribution in [1.82, 2.24) is 9.55 Å². The number of aromatic nitrogens is 2. The van der Waals surface area contributed by atoms with E-state index in [-0.39, 0.29) is 0 Å². The molecule has 0 aliphatic rings. The van der Waals surface area contributed by atoms with E-state index in [9.17, 15) is 0 Å². The van der Waals surface area contributed by atoms with E-state index in [1.165, 1.54) is 12.8 Å². The Kier molecular flexibility index (Phi) is 5.85. The number of aryl methyl sites for hydroxylation is 1. The predicted molar refractivity (Wildman–Crippen MR) is 62.1 cm³/mol. The fourth-order valence-corrected chi connectivity index (χ4v) is 1.36. The van der Waals surface area contributed by atoms with Gasteiger partial charge in [-0.2, -0.15) is 0 Å². The van der Waals surface area contributed by atoms with Gasteiger partial charge in [0.2, 0.25) is 5.95 Å². The van der Waals surface area contributed by atoms with Gasteiger partial charge in [0.05, 0.1) is 6.61 Å². The van der Waals surface area contributed by atoms with Crippen molar-refractivity contribution < 1.29 is 4.74 Å². The molecule has 0 saturated heterocycles. The van der Waals surface area contributed by atoms with Gasteiger partial charge in [-0.3, -0.25) is 0 Å². The van der Waals surface area contributed by atoms with Crippen LogP contribution < -0.4 is 5.32 Å². The van der Waals surface area contributed by atoms with Gasteiger partial charge in [0, 0.05) is 32.1 Å². The molecule has 15 heavy (non-hydrogen) atoms. The Morgan fingerprint density at radius 1 is 1.47 bits per heavy atom. The average molecular weight is 211 g/mol. The van der Waals surface area contributed by atoms with Gasteiger partial charge < -0.3 is 14.6 Å². The highest BCUT2D eigenvalue weighted by Gasteiger charge is 2.00. The summed E-state index contributed by atoms with van der Waals surface area (Å²) in [6.45, 7) is 7.55. The smallest absolute Gasteiger partial charge is 0.202 e. The number of hydrogen-bond acceptors (Lipinski definition) is 3. The maximum Gasteiger partial charge on any atom is 0.202 e. The van der Waals surface area contributed by atoms with Crippen LogP contribution in [0.2, 0.25) is 0 Å². The Morgan fingerprint density at radius 2 is 2.33 bits per heavy atom. The molecule has 0 unspecified atom stereocenters. The topological polar surface area (TPSA) is 39.1 Å². The molecule has 0 atom stereocenters. The van der Waals surface area contributed by atoms with Crippen molar-refractivity contribution >= 4 is 5.95 Å². The Bertz CT molecular complexity index is 260. The van der Waals surface area contributed by atoms with Crippen LogP contribution in [0.4, 0.5) is 5.95 Å². The molecule has 0 bridgehead atoms. The first kappa shape index (κ1) is 12.0. The van der Waals surface area contributed by atoms with Crippen LogP contribution in [0, 0.1) is 0 Å². The Hall–Kier alpha value is -1.03. The van der Waals surface area contributed by atoms with Gasteiger partial charge in [0.1, 0.15) is 0 Å². The lowest BCUT2D eigenvalue weighted by molar-refractivity contribution is 0.158. The van der Waals surface area contributed by atoms with Crippen molar-refractivity contribution in [3.8, 4) is 0 Å². The average Bonchev–Trinajstić information content (AvgIpc) is 2.69. The van der Waals surface area contributed by atoms with Crippen LogP contribution >= 0.6 is 0 Å². The molecule has 86 valence electrons. The highest BCUT2D eigenvalue weighted by atomic mass is 16.5. The fourth-order valence-electron chi connectivity index (χ4n) is 1.36. The normalized spacial score (nSPS) is 10.5. The first-order valence-corrected chi connectivity index (χ1v) is 5.71. The second-order valence-electron chi connectivity index (χ2n) is 3.42. The minimum absolute atomic E-state index is 0.733. The van der Waals surface area contributed by atoms with E-state index in [1.807, 2.05) is 19.3 Å². The van der Waals surface area contributed by atoms with Crippen molar-refractivity contribution in [3.05, 3.63) is 12.4 Å². The van der Waals surface area contributed by atoms with Gasteiger partial charge >= 0.3 is 0 Å². The Morgan fingerprint density at radius 3 is 3.07 bits per heavy atom. The monoisotopic (exact) mass is 211 g/mol. The number of nitrogens with zero attached hydrogens (tertiary/aromatic N) is 2. The third-order valence-corrected chi connectivity index (χ3v) is 2.20. The number of anilines is 1. The Labute approximate surface area is 91.7 Å². The quantitative estimate of drug-likeness (QED) is 0.669. The van der Waals surface area contributed by atoms with E-state index in [0.29, 0.717) is 0 Å². The summed E-state index contributed by atoms with van der Waals surface area (Å²) in [5, 5.41) is 3.26. The highest BCUT2D eigenvalue weighted by molar-refractivity contribution is 5.25. The SMILES string of the molecule is CCCCn1ccnc1NCCOCC. The molecule has 0 saturated carbocycles. The molecule has 0 fully saturated rings. The van der Waals surface area contributed by atoms with E-state index in [0.717, 1.165) is 32.3 Å². The first-order chi connectivity index (χ1) is 7.38. The second kappa shape index (κ2) is 7.29. The predicted octanol–water partition coefficient (Wildman–Crippen LogP) is 2.13. The third kappa shape index (κ3) is 4.34. The number of nitrogens with one attached hydrogen (secondary N) is 1. The number of hydrogen-bond donors (Lipinski definition) is 1. The van der Waals surface area contributed by atoms with E-state index < -0.39 is 0 Å². The molecule has 4 heteroatoms. The van der Waals surface area contributed by atoms with Crippen LogP contribution in [0.5, 0.6) is 0 Å². The summed E-state index contributed by atoms with van der Waals surface area (Å²) in [6.07, 6.45) is 6.24. The van der Waals surface area contributed by atoms with Crippen molar-refractivity contribution in [1.29, 1.82) is 0 Å². The van der Waals surface area contributed by atoms with E-state index >= 15 is 0 Å². The largest absolute Gasteiger partial charge is 0.380 e. The zero-order chi connectivity index (χ0) is 10.9. The molecule has 0 aliphatic heterocycles. The molecule has 1 N–H and O–H groups in total.